The van der Waals surface area contributed by atoms with E-state index >= 15 is 0 Å². The molecule has 2 aromatic carbocycles. The lowest BCUT2D eigenvalue weighted by Gasteiger charge is -2.22. The summed E-state index contributed by atoms with van der Waals surface area (Å²) in [7, 11) is 1.86. The van der Waals surface area contributed by atoms with Crippen molar-refractivity contribution in [2.24, 2.45) is 0 Å². The quantitative estimate of drug-likeness (QED) is 0.908. The van der Waals surface area contributed by atoms with Crippen LogP contribution in [-0.4, -0.2) is 18.0 Å². The van der Waals surface area contributed by atoms with Crippen LogP contribution in [0.3, 0.4) is 0 Å². The van der Waals surface area contributed by atoms with Crippen LogP contribution in [0.1, 0.15) is 40.3 Å². The van der Waals surface area contributed by atoms with Crippen LogP contribution in [-0.2, 0) is 13.0 Å². The van der Waals surface area contributed by atoms with Crippen molar-refractivity contribution in [3.05, 3.63) is 70.3 Å². The number of carbonyl (C=O) groups is 1. The summed E-state index contributed by atoms with van der Waals surface area (Å²) < 4.78 is 0. The first-order valence-electron chi connectivity index (χ1n) is 8.20. The summed E-state index contributed by atoms with van der Waals surface area (Å²) >= 11 is 0. The van der Waals surface area contributed by atoms with Gasteiger partial charge in [0.1, 0.15) is 0 Å². The van der Waals surface area contributed by atoms with Crippen LogP contribution < -0.4 is 5.32 Å². The topological polar surface area (TPSA) is 32.3 Å². The molecule has 1 atom stereocenters. The molecule has 0 saturated carbocycles. The maximum absolute atomic E-state index is 12.5. The van der Waals surface area contributed by atoms with Crippen molar-refractivity contribution in [1.29, 1.82) is 0 Å². The fraction of sp³-hybridized carbons (Fsp3) is 0.350. The Morgan fingerprint density at radius 3 is 2.78 bits per heavy atom. The number of aryl methyl sites for hydroxylation is 3. The smallest absolute Gasteiger partial charge is 0.317 e. The zero-order chi connectivity index (χ0) is 16.4. The van der Waals surface area contributed by atoms with Crippen molar-refractivity contribution in [2.45, 2.75) is 39.3 Å². The van der Waals surface area contributed by atoms with Crippen LogP contribution in [0.15, 0.2) is 42.5 Å². The third kappa shape index (κ3) is 3.39. The van der Waals surface area contributed by atoms with Gasteiger partial charge < -0.3 is 10.2 Å². The Kier molecular flexibility index (Phi) is 4.37. The maximum atomic E-state index is 12.5. The molecule has 23 heavy (non-hydrogen) atoms. The normalized spacial score (nSPS) is 16.0. The Bertz CT molecular complexity index is 723. The number of benzene rings is 2. The van der Waals surface area contributed by atoms with Gasteiger partial charge in [-0.1, -0.05) is 48.0 Å². The number of carbonyl (C=O) groups excluding carboxylic acids is 1. The number of urea groups is 1. The highest BCUT2D eigenvalue weighted by Gasteiger charge is 2.24. The molecule has 120 valence electrons. The van der Waals surface area contributed by atoms with E-state index in [4.69, 9.17) is 0 Å². The van der Waals surface area contributed by atoms with Gasteiger partial charge in [-0.15, -0.1) is 0 Å². The average Bonchev–Trinajstić information content (AvgIpc) is 2.93. The predicted molar refractivity (Wildman–Crippen MR) is 93.4 cm³/mol. The predicted octanol–water partition coefficient (Wildman–Crippen LogP) is 4.13. The van der Waals surface area contributed by atoms with Crippen LogP contribution >= 0.6 is 0 Å². The third-order valence-electron chi connectivity index (χ3n) is 4.68. The second kappa shape index (κ2) is 6.45. The maximum Gasteiger partial charge on any atom is 0.317 e. The van der Waals surface area contributed by atoms with Gasteiger partial charge in [0.2, 0.25) is 0 Å². The first-order chi connectivity index (χ1) is 11.0. The van der Waals surface area contributed by atoms with Gasteiger partial charge in [0.05, 0.1) is 6.04 Å². The average molecular weight is 308 g/mol. The van der Waals surface area contributed by atoms with E-state index in [9.17, 15) is 4.79 Å². The Morgan fingerprint density at radius 1 is 1.22 bits per heavy atom. The summed E-state index contributed by atoms with van der Waals surface area (Å²) in [5.74, 6) is 0. The zero-order valence-corrected chi connectivity index (χ0v) is 14.1. The largest absolute Gasteiger partial charge is 0.331 e. The Morgan fingerprint density at radius 2 is 2.00 bits per heavy atom. The minimum Gasteiger partial charge on any atom is -0.331 e. The highest BCUT2D eigenvalue weighted by atomic mass is 16.2. The van der Waals surface area contributed by atoms with Crippen LogP contribution in [0.25, 0.3) is 0 Å². The van der Waals surface area contributed by atoms with E-state index in [1.165, 1.54) is 27.8 Å². The molecule has 0 saturated heterocycles. The van der Waals surface area contributed by atoms with Crippen LogP contribution in [0.5, 0.6) is 0 Å². The molecule has 3 nitrogen and oxygen atoms in total. The van der Waals surface area contributed by atoms with Gasteiger partial charge >= 0.3 is 6.03 Å². The number of fused-ring (bicyclic) bond motifs is 1. The number of hydrogen-bond donors (Lipinski definition) is 1. The third-order valence-corrected chi connectivity index (χ3v) is 4.68. The summed E-state index contributed by atoms with van der Waals surface area (Å²) in [5, 5.41) is 3.17. The summed E-state index contributed by atoms with van der Waals surface area (Å²) in [6.07, 6.45) is 2.03. The minimum absolute atomic E-state index is 0.00771. The van der Waals surface area contributed by atoms with Crippen LogP contribution in [0, 0.1) is 13.8 Å². The van der Waals surface area contributed by atoms with Crippen molar-refractivity contribution >= 4 is 6.03 Å². The summed E-state index contributed by atoms with van der Waals surface area (Å²) in [6.45, 7) is 4.82. The van der Waals surface area contributed by atoms with E-state index in [2.05, 4.69) is 55.6 Å². The van der Waals surface area contributed by atoms with Gasteiger partial charge in [-0.25, -0.2) is 4.79 Å². The van der Waals surface area contributed by atoms with E-state index in [1.54, 1.807) is 4.90 Å². The standard InChI is InChI=1S/C20H24N2O/c1-14-8-9-17(15(2)12-14)13-22(3)20(23)21-19-11-10-16-6-4-5-7-18(16)19/h4-9,12,19H,10-11,13H2,1-3H3,(H,21,23). The zero-order valence-electron chi connectivity index (χ0n) is 14.1. The number of amides is 2. The monoisotopic (exact) mass is 308 g/mol. The van der Waals surface area contributed by atoms with Crippen molar-refractivity contribution in [3.8, 4) is 0 Å². The summed E-state index contributed by atoms with van der Waals surface area (Å²) in [6, 6.07) is 14.9. The first kappa shape index (κ1) is 15.6. The molecular formula is C20H24N2O. The van der Waals surface area contributed by atoms with Crippen molar-refractivity contribution in [2.75, 3.05) is 7.05 Å². The van der Waals surface area contributed by atoms with Gasteiger partial charge in [0.25, 0.3) is 0 Å². The molecule has 1 aliphatic rings. The molecule has 3 heteroatoms. The Balaban J connectivity index is 1.64. The summed E-state index contributed by atoms with van der Waals surface area (Å²) in [4.78, 5) is 14.3. The number of hydrogen-bond acceptors (Lipinski definition) is 1. The van der Waals surface area contributed by atoms with Crippen molar-refractivity contribution in [3.63, 3.8) is 0 Å². The molecule has 1 N–H and O–H groups in total. The van der Waals surface area contributed by atoms with E-state index in [-0.39, 0.29) is 12.1 Å². The van der Waals surface area contributed by atoms with Crippen LogP contribution in [0.2, 0.25) is 0 Å². The highest BCUT2D eigenvalue weighted by molar-refractivity contribution is 5.74. The molecule has 1 unspecified atom stereocenters. The molecule has 0 bridgehead atoms. The van der Waals surface area contributed by atoms with Gasteiger partial charge in [-0.2, -0.15) is 0 Å². The van der Waals surface area contributed by atoms with Gasteiger partial charge in [0, 0.05) is 13.6 Å². The molecule has 1 aliphatic carbocycles. The molecule has 3 rings (SSSR count). The molecule has 0 aliphatic heterocycles. The van der Waals surface area contributed by atoms with Gasteiger partial charge in [-0.05, 0) is 48.9 Å². The van der Waals surface area contributed by atoms with Crippen molar-refractivity contribution in [1.82, 2.24) is 10.2 Å². The molecular weight excluding hydrogens is 284 g/mol. The number of nitrogens with one attached hydrogen (secondary N) is 1. The second-order valence-electron chi connectivity index (χ2n) is 6.53. The number of rotatable bonds is 3. The highest BCUT2D eigenvalue weighted by Crippen LogP contribution is 2.30. The molecule has 2 aromatic rings. The first-order valence-corrected chi connectivity index (χ1v) is 8.20. The molecule has 0 heterocycles. The minimum atomic E-state index is -0.00771. The van der Waals surface area contributed by atoms with Crippen LogP contribution in [0.4, 0.5) is 4.79 Å². The Labute approximate surface area is 138 Å². The fourth-order valence-electron chi connectivity index (χ4n) is 3.32. The fourth-order valence-corrected chi connectivity index (χ4v) is 3.32. The molecule has 0 radical (unpaired) electrons. The van der Waals surface area contributed by atoms with Gasteiger partial charge in [0.15, 0.2) is 0 Å². The van der Waals surface area contributed by atoms with E-state index in [0.29, 0.717) is 6.54 Å². The van der Waals surface area contributed by atoms with E-state index < -0.39 is 0 Å². The lowest BCUT2D eigenvalue weighted by molar-refractivity contribution is 0.202. The summed E-state index contributed by atoms with van der Waals surface area (Å²) in [5.41, 5.74) is 6.30. The molecule has 0 aromatic heterocycles. The van der Waals surface area contributed by atoms with Crippen molar-refractivity contribution < 1.29 is 4.79 Å². The second-order valence-corrected chi connectivity index (χ2v) is 6.53. The molecule has 2 amide bonds. The molecule has 0 spiro atoms. The molecule has 0 fully saturated rings. The lowest BCUT2D eigenvalue weighted by Crippen LogP contribution is -2.38. The van der Waals surface area contributed by atoms with E-state index in [1.807, 2.05) is 13.1 Å². The Hall–Kier alpha value is -2.29. The van der Waals surface area contributed by atoms with E-state index in [0.717, 1.165) is 12.8 Å². The van der Waals surface area contributed by atoms with Gasteiger partial charge in [-0.3, -0.25) is 0 Å². The SMILES string of the molecule is Cc1ccc(CN(C)C(=O)NC2CCc3ccccc32)c(C)c1. The lowest BCUT2D eigenvalue weighted by atomic mass is 10.1. The number of nitrogens with zero attached hydrogens (tertiary/aromatic N) is 1.